The van der Waals surface area contributed by atoms with Crippen molar-refractivity contribution in [2.75, 3.05) is 31.6 Å². The molecule has 6 nitrogen and oxygen atoms in total. The average molecular weight is 388 g/mol. The van der Waals surface area contributed by atoms with Crippen LogP contribution >= 0.6 is 0 Å². The molecule has 1 fully saturated rings. The lowest BCUT2D eigenvalue weighted by atomic mass is 10.1. The number of amides is 1. The minimum absolute atomic E-state index is 0.198. The molecule has 1 N–H and O–H groups in total. The molecule has 1 aliphatic rings. The van der Waals surface area contributed by atoms with Crippen molar-refractivity contribution in [1.29, 1.82) is 0 Å². The van der Waals surface area contributed by atoms with Gasteiger partial charge >= 0.3 is 0 Å². The Labute approximate surface area is 160 Å². The summed E-state index contributed by atoms with van der Waals surface area (Å²) in [5.41, 5.74) is 2.73. The highest BCUT2D eigenvalue weighted by Crippen LogP contribution is 2.24. The van der Waals surface area contributed by atoms with E-state index in [9.17, 15) is 13.2 Å². The highest BCUT2D eigenvalue weighted by molar-refractivity contribution is 7.89. The Balaban J connectivity index is 1.92. The molecule has 2 aromatic rings. The molecule has 0 aromatic heterocycles. The Hall–Kier alpha value is -2.22. The number of anilines is 1. The number of benzene rings is 2. The van der Waals surface area contributed by atoms with Crippen LogP contribution in [0.5, 0.6) is 0 Å². The summed E-state index contributed by atoms with van der Waals surface area (Å²) in [5.74, 6) is -0.332. The van der Waals surface area contributed by atoms with Crippen LogP contribution in [-0.2, 0) is 21.2 Å². The van der Waals surface area contributed by atoms with E-state index >= 15 is 0 Å². The number of rotatable bonds is 5. The Bertz CT molecular complexity index is 935. The zero-order valence-corrected chi connectivity index (χ0v) is 16.4. The number of carbonyl (C=O) groups is 1. The Morgan fingerprint density at radius 2 is 1.89 bits per heavy atom. The SMILES string of the molecule is CCc1ccc(C(=O)Nc2cccc(C)c2)cc1S(=O)(=O)N1CCOCC1. The van der Waals surface area contributed by atoms with Gasteiger partial charge in [-0.05, 0) is 48.7 Å². The fourth-order valence-electron chi connectivity index (χ4n) is 3.08. The van der Waals surface area contributed by atoms with Crippen molar-refractivity contribution < 1.29 is 17.9 Å². The summed E-state index contributed by atoms with van der Waals surface area (Å²) in [6, 6.07) is 12.3. The molecule has 1 aliphatic heterocycles. The first-order valence-corrected chi connectivity index (χ1v) is 10.4. The standard InChI is InChI=1S/C20H24N2O4S/c1-3-16-7-8-17(20(23)21-18-6-4-5-15(2)13-18)14-19(16)27(24,25)22-9-11-26-12-10-22/h4-8,13-14H,3,9-12H2,1-2H3,(H,21,23). The molecule has 0 atom stereocenters. The monoisotopic (exact) mass is 388 g/mol. The van der Waals surface area contributed by atoms with Gasteiger partial charge in [0, 0.05) is 24.3 Å². The third kappa shape index (κ3) is 4.37. The molecule has 7 heteroatoms. The van der Waals surface area contributed by atoms with Crippen molar-refractivity contribution >= 4 is 21.6 Å². The lowest BCUT2D eigenvalue weighted by molar-refractivity contribution is 0.0730. The van der Waals surface area contributed by atoms with Crippen LogP contribution in [0, 0.1) is 6.92 Å². The second-order valence-corrected chi connectivity index (χ2v) is 8.42. The third-order valence-electron chi connectivity index (χ3n) is 4.57. The minimum atomic E-state index is -3.67. The molecule has 1 heterocycles. The quantitative estimate of drug-likeness (QED) is 0.855. The molecular weight excluding hydrogens is 364 g/mol. The lowest BCUT2D eigenvalue weighted by Gasteiger charge is -2.27. The molecule has 3 rings (SSSR count). The van der Waals surface area contributed by atoms with Gasteiger partial charge in [0.05, 0.1) is 18.1 Å². The number of nitrogens with zero attached hydrogens (tertiary/aromatic N) is 1. The summed E-state index contributed by atoms with van der Waals surface area (Å²) < 4.78 is 32.8. The van der Waals surface area contributed by atoms with Gasteiger partial charge in [0.25, 0.3) is 5.91 Å². The molecule has 0 bridgehead atoms. The van der Waals surface area contributed by atoms with Gasteiger partial charge in [-0.3, -0.25) is 4.79 Å². The van der Waals surface area contributed by atoms with Gasteiger partial charge in [-0.2, -0.15) is 4.31 Å². The molecule has 1 saturated heterocycles. The molecular formula is C20H24N2O4S. The van der Waals surface area contributed by atoms with Crippen LogP contribution in [0.15, 0.2) is 47.4 Å². The molecule has 2 aromatic carbocycles. The topological polar surface area (TPSA) is 75.7 Å². The van der Waals surface area contributed by atoms with Crippen molar-refractivity contribution in [3.05, 3.63) is 59.2 Å². The van der Waals surface area contributed by atoms with Crippen LogP contribution in [0.4, 0.5) is 5.69 Å². The minimum Gasteiger partial charge on any atom is -0.379 e. The molecule has 0 spiro atoms. The van der Waals surface area contributed by atoms with Gasteiger partial charge in [-0.25, -0.2) is 8.42 Å². The number of morpholine rings is 1. The van der Waals surface area contributed by atoms with Crippen molar-refractivity contribution in [3.63, 3.8) is 0 Å². The van der Waals surface area contributed by atoms with E-state index in [1.807, 2.05) is 32.0 Å². The number of aryl methyl sites for hydroxylation is 2. The van der Waals surface area contributed by atoms with E-state index in [1.165, 1.54) is 10.4 Å². The van der Waals surface area contributed by atoms with Crippen molar-refractivity contribution in [2.45, 2.75) is 25.2 Å². The number of carbonyl (C=O) groups excluding carboxylic acids is 1. The summed E-state index contributed by atoms with van der Waals surface area (Å²) in [6.07, 6.45) is 0.568. The van der Waals surface area contributed by atoms with Gasteiger partial charge < -0.3 is 10.1 Å². The van der Waals surface area contributed by atoms with Crippen LogP contribution in [0.25, 0.3) is 0 Å². The molecule has 144 valence electrons. The van der Waals surface area contributed by atoms with E-state index in [0.29, 0.717) is 49.5 Å². The molecule has 1 amide bonds. The fourth-order valence-corrected chi connectivity index (χ4v) is 4.81. The molecule has 0 radical (unpaired) electrons. The van der Waals surface area contributed by atoms with E-state index in [0.717, 1.165) is 5.56 Å². The maximum Gasteiger partial charge on any atom is 0.255 e. The lowest BCUT2D eigenvalue weighted by Crippen LogP contribution is -2.41. The largest absolute Gasteiger partial charge is 0.379 e. The van der Waals surface area contributed by atoms with Crippen LogP contribution in [-0.4, -0.2) is 44.9 Å². The first kappa shape index (κ1) is 19.5. The zero-order chi connectivity index (χ0) is 19.4. The number of hydrogen-bond donors (Lipinski definition) is 1. The van der Waals surface area contributed by atoms with Crippen LogP contribution in [0.2, 0.25) is 0 Å². The van der Waals surface area contributed by atoms with Crippen molar-refractivity contribution in [2.24, 2.45) is 0 Å². The maximum atomic E-state index is 13.1. The van der Waals surface area contributed by atoms with Gasteiger partial charge in [0.1, 0.15) is 0 Å². The molecule has 0 unspecified atom stereocenters. The van der Waals surface area contributed by atoms with Crippen LogP contribution < -0.4 is 5.32 Å². The van der Waals surface area contributed by atoms with Crippen molar-refractivity contribution in [3.8, 4) is 0 Å². The van der Waals surface area contributed by atoms with E-state index in [1.54, 1.807) is 18.2 Å². The van der Waals surface area contributed by atoms with Crippen LogP contribution in [0.1, 0.15) is 28.4 Å². The van der Waals surface area contributed by atoms with E-state index < -0.39 is 10.0 Å². The number of ether oxygens (including phenoxy) is 1. The van der Waals surface area contributed by atoms with Gasteiger partial charge in [0.15, 0.2) is 0 Å². The van der Waals surface area contributed by atoms with Crippen molar-refractivity contribution in [1.82, 2.24) is 4.31 Å². The Morgan fingerprint density at radius 1 is 1.15 bits per heavy atom. The van der Waals surface area contributed by atoms with E-state index in [2.05, 4.69) is 5.32 Å². The first-order valence-electron chi connectivity index (χ1n) is 9.00. The van der Waals surface area contributed by atoms with Gasteiger partial charge in [-0.1, -0.05) is 25.1 Å². The summed E-state index contributed by atoms with van der Waals surface area (Å²) >= 11 is 0. The predicted molar refractivity (Wildman–Crippen MR) is 105 cm³/mol. The zero-order valence-electron chi connectivity index (χ0n) is 15.6. The summed E-state index contributed by atoms with van der Waals surface area (Å²) in [5, 5.41) is 2.83. The average Bonchev–Trinajstić information content (AvgIpc) is 2.68. The van der Waals surface area contributed by atoms with E-state index in [4.69, 9.17) is 4.74 Å². The second kappa shape index (κ2) is 8.21. The third-order valence-corrected chi connectivity index (χ3v) is 6.55. The molecule has 27 heavy (non-hydrogen) atoms. The Morgan fingerprint density at radius 3 is 2.56 bits per heavy atom. The highest BCUT2D eigenvalue weighted by atomic mass is 32.2. The molecule has 0 saturated carbocycles. The van der Waals surface area contributed by atoms with E-state index in [-0.39, 0.29) is 10.8 Å². The number of hydrogen-bond acceptors (Lipinski definition) is 4. The predicted octanol–water partition coefficient (Wildman–Crippen LogP) is 2.83. The number of sulfonamides is 1. The van der Waals surface area contributed by atoms with Gasteiger partial charge in [0.2, 0.25) is 10.0 Å². The summed E-state index contributed by atoms with van der Waals surface area (Å²) in [6.45, 7) is 5.26. The maximum absolute atomic E-state index is 13.1. The Kier molecular flexibility index (Phi) is 5.94. The second-order valence-electron chi connectivity index (χ2n) is 6.52. The number of nitrogens with one attached hydrogen (secondary N) is 1. The summed E-state index contributed by atoms with van der Waals surface area (Å²) in [7, 11) is -3.67. The fraction of sp³-hybridized carbons (Fsp3) is 0.350. The summed E-state index contributed by atoms with van der Waals surface area (Å²) in [4.78, 5) is 12.8. The smallest absolute Gasteiger partial charge is 0.255 e. The highest BCUT2D eigenvalue weighted by Gasteiger charge is 2.29. The van der Waals surface area contributed by atoms with Crippen LogP contribution in [0.3, 0.4) is 0 Å². The first-order chi connectivity index (χ1) is 12.9. The van der Waals surface area contributed by atoms with Gasteiger partial charge in [-0.15, -0.1) is 0 Å². The normalized spacial score (nSPS) is 15.5. The molecule has 0 aliphatic carbocycles.